The second kappa shape index (κ2) is 8.19. The van der Waals surface area contributed by atoms with Crippen LogP contribution in [0, 0.1) is 0 Å². The Kier molecular flexibility index (Phi) is 6.47. The summed E-state index contributed by atoms with van der Waals surface area (Å²) in [6.07, 6.45) is 1.59. The Balaban J connectivity index is 2.03. The molecule has 1 aromatic carbocycles. The van der Waals surface area contributed by atoms with Crippen molar-refractivity contribution in [1.29, 1.82) is 0 Å². The highest BCUT2D eigenvalue weighted by Gasteiger charge is 2.37. The van der Waals surface area contributed by atoms with Gasteiger partial charge in [-0.3, -0.25) is 14.5 Å². The first-order chi connectivity index (χ1) is 11.8. The SMILES string of the molecule is CCN(CC(=O)O)C1CCN(C(=O)C(C)(C)c2ccccc2Cl)CC1. The molecule has 1 aliphatic rings. The summed E-state index contributed by atoms with van der Waals surface area (Å²) in [5, 5.41) is 9.63. The number of halogens is 1. The highest BCUT2D eigenvalue weighted by Crippen LogP contribution is 2.32. The standard InChI is InChI=1S/C19H27ClN2O3/c1-4-21(13-17(23)24)14-9-11-22(12-10-14)18(25)19(2,3)15-7-5-6-8-16(15)20/h5-8,14H,4,9-13H2,1-3H3,(H,23,24). The van der Waals surface area contributed by atoms with E-state index in [4.69, 9.17) is 16.7 Å². The summed E-state index contributed by atoms with van der Waals surface area (Å²) < 4.78 is 0. The van der Waals surface area contributed by atoms with Crippen molar-refractivity contribution in [1.82, 2.24) is 9.80 Å². The molecule has 1 heterocycles. The van der Waals surface area contributed by atoms with Gasteiger partial charge in [-0.05, 0) is 44.9 Å². The number of likely N-dealkylation sites (N-methyl/N-ethyl adjacent to an activating group) is 1. The number of carbonyl (C=O) groups is 2. The van der Waals surface area contributed by atoms with Crippen LogP contribution in [0.5, 0.6) is 0 Å². The topological polar surface area (TPSA) is 60.9 Å². The maximum absolute atomic E-state index is 13.1. The van der Waals surface area contributed by atoms with Crippen molar-refractivity contribution in [2.24, 2.45) is 0 Å². The molecule has 6 heteroatoms. The van der Waals surface area contributed by atoms with E-state index < -0.39 is 11.4 Å². The molecule has 0 saturated carbocycles. The Morgan fingerprint density at radius 1 is 1.28 bits per heavy atom. The normalized spacial score (nSPS) is 16.3. The van der Waals surface area contributed by atoms with Gasteiger partial charge < -0.3 is 10.0 Å². The smallest absolute Gasteiger partial charge is 0.317 e. The molecule has 0 aromatic heterocycles. The molecule has 2 rings (SSSR count). The first kappa shape index (κ1) is 19.7. The average molecular weight is 367 g/mol. The first-order valence-corrected chi connectivity index (χ1v) is 9.15. The van der Waals surface area contributed by atoms with Gasteiger partial charge in [-0.1, -0.05) is 36.7 Å². The largest absolute Gasteiger partial charge is 0.480 e. The van der Waals surface area contributed by atoms with Crippen LogP contribution in [0.3, 0.4) is 0 Å². The highest BCUT2D eigenvalue weighted by molar-refractivity contribution is 6.31. The van der Waals surface area contributed by atoms with Gasteiger partial charge in [0, 0.05) is 24.2 Å². The van der Waals surface area contributed by atoms with Gasteiger partial charge in [0.1, 0.15) is 0 Å². The Hall–Kier alpha value is -1.59. The van der Waals surface area contributed by atoms with E-state index in [-0.39, 0.29) is 18.5 Å². The molecule has 1 amide bonds. The van der Waals surface area contributed by atoms with Crippen LogP contribution >= 0.6 is 11.6 Å². The molecule has 1 aromatic rings. The molecule has 1 fully saturated rings. The number of carboxylic acid groups (broad SMARTS) is 1. The van der Waals surface area contributed by atoms with Gasteiger partial charge in [-0.15, -0.1) is 0 Å². The van der Waals surface area contributed by atoms with Crippen molar-refractivity contribution < 1.29 is 14.7 Å². The van der Waals surface area contributed by atoms with Crippen molar-refractivity contribution in [3.05, 3.63) is 34.9 Å². The lowest BCUT2D eigenvalue weighted by atomic mass is 9.82. The number of carbonyl (C=O) groups excluding carboxylic acids is 1. The summed E-state index contributed by atoms with van der Waals surface area (Å²) in [5.41, 5.74) is 0.154. The number of hydrogen-bond donors (Lipinski definition) is 1. The minimum Gasteiger partial charge on any atom is -0.480 e. The molecule has 0 unspecified atom stereocenters. The fourth-order valence-electron chi connectivity index (χ4n) is 3.59. The number of carboxylic acids is 1. The molecule has 0 aliphatic carbocycles. The maximum Gasteiger partial charge on any atom is 0.317 e. The van der Waals surface area contributed by atoms with E-state index in [1.165, 1.54) is 0 Å². The summed E-state index contributed by atoms with van der Waals surface area (Å²) in [4.78, 5) is 27.9. The van der Waals surface area contributed by atoms with Gasteiger partial charge in [-0.25, -0.2) is 0 Å². The molecular weight excluding hydrogens is 340 g/mol. The average Bonchev–Trinajstić information content (AvgIpc) is 2.59. The van der Waals surface area contributed by atoms with Gasteiger partial charge in [0.2, 0.25) is 5.91 Å². The van der Waals surface area contributed by atoms with Crippen LogP contribution in [0.25, 0.3) is 0 Å². The van der Waals surface area contributed by atoms with Gasteiger partial charge in [0.25, 0.3) is 0 Å². The van der Waals surface area contributed by atoms with E-state index in [9.17, 15) is 9.59 Å². The Labute approximate surface area is 154 Å². The summed E-state index contributed by atoms with van der Waals surface area (Å²) in [6.45, 7) is 7.84. The van der Waals surface area contributed by atoms with Crippen LogP contribution in [-0.4, -0.2) is 59.0 Å². The van der Waals surface area contributed by atoms with Crippen molar-refractivity contribution in [3.63, 3.8) is 0 Å². The fourth-order valence-corrected chi connectivity index (χ4v) is 3.96. The number of amides is 1. The number of piperidine rings is 1. The number of likely N-dealkylation sites (tertiary alicyclic amines) is 1. The molecule has 1 N–H and O–H groups in total. The molecule has 1 aliphatic heterocycles. The van der Waals surface area contributed by atoms with E-state index in [1.807, 2.05) is 54.8 Å². The van der Waals surface area contributed by atoms with Gasteiger partial charge >= 0.3 is 5.97 Å². The lowest BCUT2D eigenvalue weighted by Crippen LogP contribution is -2.51. The zero-order valence-corrected chi connectivity index (χ0v) is 15.9. The van der Waals surface area contributed by atoms with E-state index in [0.717, 1.165) is 18.4 Å². The van der Waals surface area contributed by atoms with E-state index in [2.05, 4.69) is 0 Å². The minimum absolute atomic E-state index is 0.0558. The number of benzene rings is 1. The van der Waals surface area contributed by atoms with Gasteiger partial charge in [0.15, 0.2) is 0 Å². The Bertz CT molecular complexity index is 625. The third-order valence-corrected chi connectivity index (χ3v) is 5.42. The van der Waals surface area contributed by atoms with Crippen molar-refractivity contribution >= 4 is 23.5 Å². The maximum atomic E-state index is 13.1. The van der Waals surface area contributed by atoms with Crippen molar-refractivity contribution in [3.8, 4) is 0 Å². The first-order valence-electron chi connectivity index (χ1n) is 8.77. The lowest BCUT2D eigenvalue weighted by molar-refractivity contribution is -0.141. The molecule has 0 bridgehead atoms. The van der Waals surface area contributed by atoms with Crippen LogP contribution in [0.1, 0.15) is 39.2 Å². The number of aliphatic carboxylic acids is 1. The second-order valence-corrected chi connectivity index (χ2v) is 7.49. The highest BCUT2D eigenvalue weighted by atomic mass is 35.5. The number of hydrogen-bond acceptors (Lipinski definition) is 3. The fraction of sp³-hybridized carbons (Fsp3) is 0.579. The Morgan fingerprint density at radius 3 is 2.40 bits per heavy atom. The molecule has 0 atom stereocenters. The van der Waals surface area contributed by atoms with Crippen molar-refractivity contribution in [2.45, 2.75) is 45.1 Å². The zero-order chi connectivity index (χ0) is 18.6. The van der Waals surface area contributed by atoms with Crippen LogP contribution in [0.2, 0.25) is 5.02 Å². The predicted molar refractivity (Wildman–Crippen MR) is 99.0 cm³/mol. The molecule has 0 spiro atoms. The summed E-state index contributed by atoms with van der Waals surface area (Å²) in [7, 11) is 0. The van der Waals surface area contributed by atoms with Gasteiger partial charge in [-0.2, -0.15) is 0 Å². The predicted octanol–water partition coefficient (Wildman–Crippen LogP) is 3.02. The van der Waals surface area contributed by atoms with Crippen LogP contribution in [-0.2, 0) is 15.0 Å². The monoisotopic (exact) mass is 366 g/mol. The molecule has 5 nitrogen and oxygen atoms in total. The third-order valence-electron chi connectivity index (χ3n) is 5.09. The number of nitrogens with zero attached hydrogens (tertiary/aromatic N) is 2. The summed E-state index contributed by atoms with van der Waals surface area (Å²) >= 11 is 6.29. The van der Waals surface area contributed by atoms with E-state index >= 15 is 0 Å². The summed E-state index contributed by atoms with van der Waals surface area (Å²) in [5.74, 6) is -0.736. The van der Waals surface area contributed by atoms with Crippen LogP contribution < -0.4 is 0 Å². The Morgan fingerprint density at radius 2 is 1.88 bits per heavy atom. The minimum atomic E-state index is -0.805. The number of rotatable bonds is 6. The van der Waals surface area contributed by atoms with E-state index in [0.29, 0.717) is 24.7 Å². The molecular formula is C19H27ClN2O3. The zero-order valence-electron chi connectivity index (χ0n) is 15.2. The molecule has 25 heavy (non-hydrogen) atoms. The van der Waals surface area contributed by atoms with Crippen LogP contribution in [0.15, 0.2) is 24.3 Å². The molecule has 0 radical (unpaired) electrons. The molecule has 1 saturated heterocycles. The third kappa shape index (κ3) is 4.53. The lowest BCUT2D eigenvalue weighted by Gasteiger charge is -2.40. The van der Waals surface area contributed by atoms with Gasteiger partial charge in [0.05, 0.1) is 12.0 Å². The molecule has 138 valence electrons. The second-order valence-electron chi connectivity index (χ2n) is 7.09. The van der Waals surface area contributed by atoms with Crippen LogP contribution in [0.4, 0.5) is 0 Å². The van der Waals surface area contributed by atoms with Crippen molar-refractivity contribution in [2.75, 3.05) is 26.2 Å². The van der Waals surface area contributed by atoms with E-state index in [1.54, 1.807) is 0 Å². The quantitative estimate of drug-likeness (QED) is 0.840. The summed E-state index contributed by atoms with van der Waals surface area (Å²) in [6, 6.07) is 7.68.